The van der Waals surface area contributed by atoms with Crippen LogP contribution in [0.25, 0.3) is 0 Å². The highest BCUT2D eigenvalue weighted by atomic mass is 35.5. The number of halogens is 1. The van der Waals surface area contributed by atoms with Crippen LogP contribution >= 0.6 is 11.6 Å². The number of benzene rings is 1. The first-order chi connectivity index (χ1) is 15.9. The van der Waals surface area contributed by atoms with Gasteiger partial charge in [-0.15, -0.1) is 0 Å². The standard InChI is InChI=1S/C28H41ClO4Si/c1-21(2)13-12-14-22(3)19-25(30)26-27(31)24(29)20-28(26,33-34(4,5)6)17-10-11-18-32-23-15-8-7-9-16-23/h7-9,13,15-16,19-20,25-26,30H,10-12,14,17-18H2,1-6H3. The second kappa shape index (κ2) is 12.9. The molecule has 0 fully saturated rings. The van der Waals surface area contributed by atoms with Gasteiger partial charge in [0.2, 0.25) is 0 Å². The van der Waals surface area contributed by atoms with E-state index in [2.05, 4.69) is 39.6 Å². The molecule has 6 heteroatoms. The van der Waals surface area contributed by atoms with Crippen molar-refractivity contribution >= 4 is 25.7 Å². The number of carbonyl (C=O) groups is 1. The van der Waals surface area contributed by atoms with Gasteiger partial charge < -0.3 is 14.3 Å². The minimum absolute atomic E-state index is 0.165. The molecule has 0 spiro atoms. The summed E-state index contributed by atoms with van der Waals surface area (Å²) in [6.45, 7) is 13.0. The van der Waals surface area contributed by atoms with Gasteiger partial charge in [-0.25, -0.2) is 0 Å². The lowest BCUT2D eigenvalue weighted by Crippen LogP contribution is -2.50. The number of ketones is 1. The molecule has 0 aliphatic heterocycles. The van der Waals surface area contributed by atoms with Crippen LogP contribution in [0.1, 0.15) is 52.9 Å². The first-order valence-electron chi connectivity index (χ1n) is 12.2. The van der Waals surface area contributed by atoms with Gasteiger partial charge in [0, 0.05) is 0 Å². The molecule has 0 bridgehead atoms. The largest absolute Gasteiger partial charge is 0.494 e. The zero-order chi connectivity index (χ0) is 25.4. The first-order valence-corrected chi connectivity index (χ1v) is 16.0. The number of hydrogen-bond acceptors (Lipinski definition) is 4. The first kappa shape index (κ1) is 28.6. The summed E-state index contributed by atoms with van der Waals surface area (Å²) in [6.07, 6.45) is 8.74. The van der Waals surface area contributed by atoms with E-state index in [-0.39, 0.29) is 10.8 Å². The summed E-state index contributed by atoms with van der Waals surface area (Å²) in [5, 5.41) is 11.4. The third kappa shape index (κ3) is 8.84. The van der Waals surface area contributed by atoms with Crippen LogP contribution < -0.4 is 4.74 Å². The van der Waals surface area contributed by atoms with Crippen molar-refractivity contribution in [2.24, 2.45) is 5.92 Å². The smallest absolute Gasteiger partial charge is 0.184 e. The fraction of sp³-hybridized carbons (Fsp3) is 0.536. The van der Waals surface area contributed by atoms with Crippen LogP contribution in [0, 0.1) is 5.92 Å². The van der Waals surface area contributed by atoms with Crippen molar-refractivity contribution in [2.75, 3.05) is 6.61 Å². The highest BCUT2D eigenvalue weighted by Crippen LogP contribution is 2.44. The Bertz CT molecular complexity index is 897. The van der Waals surface area contributed by atoms with Gasteiger partial charge in [0.25, 0.3) is 0 Å². The maximum absolute atomic E-state index is 13.1. The predicted molar refractivity (Wildman–Crippen MR) is 144 cm³/mol. The fourth-order valence-corrected chi connectivity index (χ4v) is 6.13. The SMILES string of the molecule is CC(C)=CCCC(C)=CC(O)C1C(=O)C(Cl)=CC1(CCCCOc1ccccc1)O[Si](C)(C)C. The molecule has 3 unspecified atom stereocenters. The van der Waals surface area contributed by atoms with E-state index >= 15 is 0 Å². The Balaban J connectivity index is 2.15. The summed E-state index contributed by atoms with van der Waals surface area (Å²) in [6, 6.07) is 9.73. The van der Waals surface area contributed by atoms with Gasteiger partial charge in [-0.1, -0.05) is 53.1 Å². The molecule has 0 heterocycles. The summed E-state index contributed by atoms with van der Waals surface area (Å²) in [5.74, 6) is -0.127. The van der Waals surface area contributed by atoms with Crippen molar-refractivity contribution in [1.82, 2.24) is 0 Å². The average molecular weight is 505 g/mol. The highest BCUT2D eigenvalue weighted by Gasteiger charge is 2.52. The number of aliphatic hydroxyl groups is 1. The minimum atomic E-state index is -2.06. The van der Waals surface area contributed by atoms with Crippen molar-refractivity contribution in [3.63, 3.8) is 0 Å². The number of carbonyl (C=O) groups excluding carboxylic acids is 1. The average Bonchev–Trinajstić information content (AvgIpc) is 2.96. The lowest BCUT2D eigenvalue weighted by molar-refractivity contribution is -0.126. The molecule has 188 valence electrons. The Labute approximate surface area is 211 Å². The summed E-state index contributed by atoms with van der Waals surface area (Å²) in [5.41, 5.74) is 1.43. The Hall–Kier alpha value is -1.66. The maximum Gasteiger partial charge on any atom is 0.184 e. The second-order valence-electron chi connectivity index (χ2n) is 10.4. The molecule has 34 heavy (non-hydrogen) atoms. The maximum atomic E-state index is 13.1. The third-order valence-corrected chi connectivity index (χ3v) is 7.06. The molecule has 1 aliphatic rings. The molecule has 1 aromatic carbocycles. The molecule has 1 aliphatic carbocycles. The number of Topliss-reactive ketones (excluding diaryl/α,β-unsaturated/α-hetero) is 1. The zero-order valence-electron chi connectivity index (χ0n) is 21.6. The van der Waals surface area contributed by atoms with E-state index in [0.29, 0.717) is 13.0 Å². The molecule has 0 aromatic heterocycles. The molecule has 2 rings (SSSR count). The van der Waals surface area contributed by atoms with E-state index in [1.807, 2.05) is 43.3 Å². The monoisotopic (exact) mass is 504 g/mol. The summed E-state index contributed by atoms with van der Waals surface area (Å²) in [7, 11) is -2.06. The molecule has 3 atom stereocenters. The zero-order valence-corrected chi connectivity index (χ0v) is 23.3. The van der Waals surface area contributed by atoms with E-state index in [9.17, 15) is 9.90 Å². The number of rotatable bonds is 13. The quantitative estimate of drug-likeness (QED) is 0.175. The minimum Gasteiger partial charge on any atom is -0.494 e. The summed E-state index contributed by atoms with van der Waals surface area (Å²) >= 11 is 6.37. The van der Waals surface area contributed by atoms with Crippen LogP contribution in [0.4, 0.5) is 0 Å². The van der Waals surface area contributed by atoms with Crippen LogP contribution in [0.3, 0.4) is 0 Å². The number of unbranched alkanes of at least 4 members (excludes halogenated alkanes) is 1. The number of para-hydroxylation sites is 1. The number of hydrogen-bond donors (Lipinski definition) is 1. The molecule has 0 amide bonds. The van der Waals surface area contributed by atoms with Gasteiger partial charge in [0.15, 0.2) is 14.1 Å². The molecular formula is C28H41ClO4Si. The van der Waals surface area contributed by atoms with Crippen LogP contribution in [0.5, 0.6) is 5.75 Å². The van der Waals surface area contributed by atoms with Crippen LogP contribution in [0.2, 0.25) is 19.6 Å². The van der Waals surface area contributed by atoms with Gasteiger partial charge >= 0.3 is 0 Å². The Kier molecular flexibility index (Phi) is 10.8. The van der Waals surface area contributed by atoms with Gasteiger partial charge in [-0.2, -0.15) is 0 Å². The highest BCUT2D eigenvalue weighted by molar-refractivity contribution is 6.70. The third-order valence-electron chi connectivity index (χ3n) is 5.77. The Morgan fingerprint density at radius 1 is 1.18 bits per heavy atom. The van der Waals surface area contributed by atoms with E-state index in [4.69, 9.17) is 20.8 Å². The number of allylic oxidation sites excluding steroid dienone is 4. The molecular weight excluding hydrogens is 464 g/mol. The van der Waals surface area contributed by atoms with Crippen molar-refractivity contribution < 1.29 is 19.1 Å². The fourth-order valence-electron chi connectivity index (χ4n) is 4.40. The molecule has 0 saturated heterocycles. The normalized spacial score (nSPS) is 21.9. The van der Waals surface area contributed by atoms with Crippen molar-refractivity contribution in [3.8, 4) is 5.75 Å². The number of aliphatic hydroxyl groups excluding tert-OH is 1. The Morgan fingerprint density at radius 2 is 1.85 bits per heavy atom. The van der Waals surface area contributed by atoms with E-state index in [1.54, 1.807) is 6.08 Å². The molecule has 1 aromatic rings. The van der Waals surface area contributed by atoms with E-state index in [0.717, 1.165) is 37.0 Å². The molecule has 0 radical (unpaired) electrons. The lowest BCUT2D eigenvalue weighted by atomic mass is 9.81. The number of ether oxygens (including phenoxy) is 1. The van der Waals surface area contributed by atoms with Crippen LogP contribution in [-0.2, 0) is 9.22 Å². The Morgan fingerprint density at radius 3 is 2.47 bits per heavy atom. The second-order valence-corrected chi connectivity index (χ2v) is 15.3. The predicted octanol–water partition coefficient (Wildman–Crippen LogP) is 7.20. The topological polar surface area (TPSA) is 55.8 Å². The van der Waals surface area contributed by atoms with Gasteiger partial charge in [0.05, 0.1) is 29.3 Å². The molecule has 4 nitrogen and oxygen atoms in total. The van der Waals surface area contributed by atoms with E-state index < -0.39 is 25.9 Å². The summed E-state index contributed by atoms with van der Waals surface area (Å²) < 4.78 is 12.5. The van der Waals surface area contributed by atoms with E-state index in [1.165, 1.54) is 5.57 Å². The van der Waals surface area contributed by atoms with Crippen LogP contribution in [0.15, 0.2) is 64.7 Å². The van der Waals surface area contributed by atoms with Gasteiger partial charge in [-0.05, 0) is 90.7 Å². The molecule has 1 N–H and O–H groups in total. The van der Waals surface area contributed by atoms with Crippen molar-refractivity contribution in [2.45, 2.75) is 84.2 Å². The van der Waals surface area contributed by atoms with Crippen LogP contribution in [-0.4, -0.2) is 37.5 Å². The lowest BCUT2D eigenvalue weighted by Gasteiger charge is -2.40. The van der Waals surface area contributed by atoms with Crippen molar-refractivity contribution in [3.05, 3.63) is 64.7 Å². The van der Waals surface area contributed by atoms with Gasteiger partial charge in [0.1, 0.15) is 5.75 Å². The van der Waals surface area contributed by atoms with Crippen molar-refractivity contribution in [1.29, 1.82) is 0 Å². The summed E-state index contributed by atoms with van der Waals surface area (Å²) in [4.78, 5) is 13.1. The molecule has 0 saturated carbocycles. The van der Waals surface area contributed by atoms with Gasteiger partial charge in [-0.3, -0.25) is 4.79 Å².